The lowest BCUT2D eigenvalue weighted by Crippen LogP contribution is -2.15. The van der Waals surface area contributed by atoms with E-state index < -0.39 is 9.84 Å². The third-order valence-corrected chi connectivity index (χ3v) is 12.3. The first-order valence-electron chi connectivity index (χ1n) is 13.9. The number of anilines is 6. The minimum atomic E-state index is -3.65. The number of sulfone groups is 1. The van der Waals surface area contributed by atoms with E-state index in [-0.39, 0.29) is 0 Å². The van der Waals surface area contributed by atoms with Crippen LogP contribution in [-0.4, -0.2) is 8.42 Å². The summed E-state index contributed by atoms with van der Waals surface area (Å²) in [5, 5.41) is 0. The van der Waals surface area contributed by atoms with Gasteiger partial charge in [0.2, 0.25) is 9.84 Å². The summed E-state index contributed by atoms with van der Waals surface area (Å²) in [6.45, 7) is 0. The Balaban J connectivity index is 1.24. The number of hydrogen-bond donors (Lipinski definition) is 0. The molecule has 4 nitrogen and oxygen atoms in total. The van der Waals surface area contributed by atoms with Gasteiger partial charge in [0.25, 0.3) is 0 Å². The maximum atomic E-state index is 13.8. The smallest absolute Gasteiger partial charge is 0.207 e. The predicted molar refractivity (Wildman–Crippen MR) is 175 cm³/mol. The fourth-order valence-corrected chi connectivity index (χ4v) is 10.1. The van der Waals surface area contributed by atoms with E-state index in [1.807, 2.05) is 48.5 Å². The SMILES string of the molecule is O=S1(=O)c2ccc(N3c4ccccc4Sc4ccccc43)cc2-c2cc(N3c4ccccc4Sc4ccccc43)ccc21. The Labute approximate surface area is 258 Å². The van der Waals surface area contributed by atoms with Crippen LogP contribution in [0, 0.1) is 0 Å². The molecule has 0 fully saturated rings. The van der Waals surface area contributed by atoms with E-state index in [0.29, 0.717) is 9.79 Å². The summed E-state index contributed by atoms with van der Waals surface area (Å²) in [6, 6.07) is 44.9. The molecule has 0 bridgehead atoms. The standard InChI is InChI=1S/C36H22N2O2S3/c39-43(40)35-19-17-23(37-27-9-1-5-13-31(27)41-32-14-6-2-10-28(32)37)21-25(35)26-22-24(18-20-36(26)43)38-29-11-3-7-15-33(29)42-34-16-8-4-12-30(34)38/h1-22H. The molecule has 0 unspecified atom stereocenters. The van der Waals surface area contributed by atoms with Crippen molar-refractivity contribution in [2.75, 3.05) is 9.80 Å². The van der Waals surface area contributed by atoms with Gasteiger partial charge >= 0.3 is 0 Å². The van der Waals surface area contributed by atoms with Crippen LogP contribution in [0.2, 0.25) is 0 Å². The lowest BCUT2D eigenvalue weighted by atomic mass is 10.0. The van der Waals surface area contributed by atoms with Crippen molar-refractivity contribution in [1.29, 1.82) is 0 Å². The third-order valence-electron chi connectivity index (χ3n) is 8.18. The second-order valence-electron chi connectivity index (χ2n) is 10.6. The monoisotopic (exact) mass is 610 g/mol. The quantitative estimate of drug-likeness (QED) is 0.194. The topological polar surface area (TPSA) is 40.6 Å². The van der Waals surface area contributed by atoms with Crippen molar-refractivity contribution < 1.29 is 8.42 Å². The van der Waals surface area contributed by atoms with Crippen molar-refractivity contribution in [3.8, 4) is 11.1 Å². The Bertz CT molecular complexity index is 2000. The fraction of sp³-hybridized carbons (Fsp3) is 0. The van der Waals surface area contributed by atoms with Crippen LogP contribution in [0.4, 0.5) is 34.1 Å². The summed E-state index contributed by atoms with van der Waals surface area (Å²) in [5.74, 6) is 0. The number of para-hydroxylation sites is 4. The zero-order valence-corrected chi connectivity index (χ0v) is 25.1. The summed E-state index contributed by atoms with van der Waals surface area (Å²) in [6.07, 6.45) is 0. The number of rotatable bonds is 2. The van der Waals surface area contributed by atoms with Crippen LogP contribution in [0.5, 0.6) is 0 Å². The van der Waals surface area contributed by atoms with Crippen LogP contribution in [0.15, 0.2) is 163 Å². The Morgan fingerprint density at radius 2 is 0.744 bits per heavy atom. The van der Waals surface area contributed by atoms with E-state index in [1.165, 1.54) is 0 Å². The van der Waals surface area contributed by atoms with Crippen LogP contribution in [0.25, 0.3) is 11.1 Å². The first-order chi connectivity index (χ1) is 21.1. The van der Waals surface area contributed by atoms with Gasteiger partial charge in [-0.2, -0.15) is 0 Å². The molecule has 3 aliphatic rings. The molecule has 9 rings (SSSR count). The van der Waals surface area contributed by atoms with Gasteiger partial charge in [0.1, 0.15) is 0 Å². The molecular weight excluding hydrogens is 589 g/mol. The highest BCUT2D eigenvalue weighted by Crippen LogP contribution is 2.55. The highest BCUT2D eigenvalue weighted by atomic mass is 32.2. The normalized spacial score (nSPS) is 15.1. The maximum absolute atomic E-state index is 13.8. The van der Waals surface area contributed by atoms with Gasteiger partial charge in [0.15, 0.2) is 0 Å². The molecule has 0 amide bonds. The van der Waals surface area contributed by atoms with E-state index >= 15 is 0 Å². The van der Waals surface area contributed by atoms with Gasteiger partial charge in [-0.3, -0.25) is 0 Å². The van der Waals surface area contributed by atoms with Gasteiger partial charge in [0, 0.05) is 42.1 Å². The summed E-state index contributed by atoms with van der Waals surface area (Å²) in [7, 11) is -3.65. The molecule has 6 aromatic carbocycles. The molecule has 6 aromatic rings. The molecule has 43 heavy (non-hydrogen) atoms. The molecule has 7 heteroatoms. The summed E-state index contributed by atoms with van der Waals surface area (Å²) < 4.78 is 27.6. The van der Waals surface area contributed by atoms with E-state index in [4.69, 9.17) is 0 Å². The molecular formula is C36H22N2O2S3. The van der Waals surface area contributed by atoms with Crippen LogP contribution >= 0.6 is 23.5 Å². The van der Waals surface area contributed by atoms with E-state index in [2.05, 4.69) is 82.6 Å². The molecule has 206 valence electrons. The van der Waals surface area contributed by atoms with E-state index in [1.54, 1.807) is 35.7 Å². The largest absolute Gasteiger partial charge is 0.308 e. The fourth-order valence-electron chi connectivity index (χ4n) is 6.29. The van der Waals surface area contributed by atoms with Crippen LogP contribution in [0.1, 0.15) is 0 Å². The Morgan fingerprint density at radius 1 is 0.419 bits per heavy atom. The zero-order valence-electron chi connectivity index (χ0n) is 22.6. The Hall–Kier alpha value is -4.43. The van der Waals surface area contributed by atoms with Gasteiger partial charge in [0.05, 0.1) is 32.5 Å². The minimum absolute atomic E-state index is 0.353. The molecule has 0 radical (unpaired) electrons. The van der Waals surface area contributed by atoms with Crippen molar-refractivity contribution in [3.05, 3.63) is 133 Å². The maximum Gasteiger partial charge on any atom is 0.207 e. The van der Waals surface area contributed by atoms with Crippen LogP contribution < -0.4 is 9.80 Å². The van der Waals surface area contributed by atoms with Gasteiger partial charge < -0.3 is 9.80 Å². The molecule has 0 atom stereocenters. The van der Waals surface area contributed by atoms with Gasteiger partial charge in [-0.1, -0.05) is 72.1 Å². The van der Waals surface area contributed by atoms with Gasteiger partial charge in [-0.05, 0) is 84.9 Å². The minimum Gasteiger partial charge on any atom is -0.308 e. The Kier molecular flexibility index (Phi) is 5.42. The third kappa shape index (κ3) is 3.69. The molecule has 0 N–H and O–H groups in total. The second kappa shape index (κ2) is 9.28. The van der Waals surface area contributed by atoms with E-state index in [9.17, 15) is 8.42 Å². The molecule has 0 spiro atoms. The van der Waals surface area contributed by atoms with Gasteiger partial charge in [-0.15, -0.1) is 0 Å². The highest BCUT2D eigenvalue weighted by molar-refractivity contribution is 8.00. The van der Waals surface area contributed by atoms with Crippen molar-refractivity contribution in [2.24, 2.45) is 0 Å². The summed E-state index contributed by atoms with van der Waals surface area (Å²) >= 11 is 3.51. The first-order valence-corrected chi connectivity index (χ1v) is 17.1. The average molecular weight is 611 g/mol. The van der Waals surface area contributed by atoms with Crippen LogP contribution in [-0.2, 0) is 9.84 Å². The number of benzene rings is 6. The summed E-state index contributed by atoms with van der Waals surface area (Å²) in [5.41, 5.74) is 7.65. The van der Waals surface area contributed by atoms with Crippen molar-refractivity contribution >= 4 is 67.5 Å². The zero-order chi connectivity index (χ0) is 28.7. The lowest BCUT2D eigenvalue weighted by molar-refractivity contribution is 0.598. The number of nitrogens with zero attached hydrogens (tertiary/aromatic N) is 2. The van der Waals surface area contributed by atoms with Gasteiger partial charge in [-0.25, -0.2) is 8.42 Å². The van der Waals surface area contributed by atoms with Crippen LogP contribution in [0.3, 0.4) is 0 Å². The number of hydrogen-bond acceptors (Lipinski definition) is 6. The first kappa shape index (κ1) is 25.1. The summed E-state index contributed by atoms with van der Waals surface area (Å²) in [4.78, 5) is 9.84. The molecule has 3 heterocycles. The number of fused-ring (bicyclic) bond motifs is 7. The average Bonchev–Trinajstić information content (AvgIpc) is 3.27. The molecule has 0 saturated heterocycles. The highest BCUT2D eigenvalue weighted by Gasteiger charge is 2.36. The van der Waals surface area contributed by atoms with Crippen molar-refractivity contribution in [3.63, 3.8) is 0 Å². The Morgan fingerprint density at radius 3 is 1.09 bits per heavy atom. The van der Waals surface area contributed by atoms with Crippen molar-refractivity contribution in [2.45, 2.75) is 29.4 Å². The lowest BCUT2D eigenvalue weighted by Gasteiger charge is -2.33. The second-order valence-corrected chi connectivity index (χ2v) is 14.7. The van der Waals surface area contributed by atoms with Crippen molar-refractivity contribution in [1.82, 2.24) is 0 Å². The molecule has 3 aliphatic heterocycles. The van der Waals surface area contributed by atoms with E-state index in [0.717, 1.165) is 64.8 Å². The molecule has 0 saturated carbocycles. The molecule has 0 aliphatic carbocycles. The predicted octanol–water partition coefficient (Wildman–Crippen LogP) is 10.4. The molecule has 0 aromatic heterocycles.